The molecule has 0 spiro atoms. The summed E-state index contributed by atoms with van der Waals surface area (Å²) < 4.78 is 0. The summed E-state index contributed by atoms with van der Waals surface area (Å²) in [6, 6.07) is 15.1. The van der Waals surface area contributed by atoms with Crippen LogP contribution in [0, 0.1) is 20.8 Å². The molecule has 1 heterocycles. The molecule has 0 aromatic heterocycles. The van der Waals surface area contributed by atoms with Gasteiger partial charge in [-0.25, -0.2) is 0 Å². The Labute approximate surface area is 163 Å². The number of hydrogen-bond donors (Lipinski definition) is 1. The van der Waals surface area contributed by atoms with Gasteiger partial charge in [-0.2, -0.15) is 0 Å². The summed E-state index contributed by atoms with van der Waals surface area (Å²) in [4.78, 5) is 4.84. The quantitative estimate of drug-likeness (QED) is 0.804. The first-order valence-electron chi connectivity index (χ1n) is 9.43. The molecule has 1 aliphatic rings. The van der Waals surface area contributed by atoms with Crippen LogP contribution in [0.1, 0.15) is 28.7 Å². The first-order valence-corrected chi connectivity index (χ1v) is 9.84. The molecule has 0 atom stereocenters. The van der Waals surface area contributed by atoms with Gasteiger partial charge in [0.25, 0.3) is 0 Å². The molecule has 0 saturated carbocycles. The Morgan fingerprint density at radius 1 is 0.923 bits per heavy atom. The van der Waals surface area contributed by atoms with E-state index in [2.05, 4.69) is 78.4 Å². The maximum absolute atomic E-state index is 5.72. The van der Waals surface area contributed by atoms with Gasteiger partial charge in [0.15, 0.2) is 5.11 Å². The minimum absolute atomic E-state index is 0.845. The Bertz CT molecular complexity index is 757. The van der Waals surface area contributed by atoms with Gasteiger partial charge in [0.2, 0.25) is 0 Å². The third kappa shape index (κ3) is 4.83. The van der Waals surface area contributed by atoms with Gasteiger partial charge in [0, 0.05) is 38.4 Å². The van der Waals surface area contributed by atoms with Crippen LogP contribution in [0.2, 0.25) is 0 Å². The normalized spacial score (nSPS) is 15.6. The molecule has 26 heavy (non-hydrogen) atoms. The highest BCUT2D eigenvalue weighted by Crippen LogP contribution is 2.21. The smallest absolute Gasteiger partial charge is 0.173 e. The number of nitrogens with zero attached hydrogens (tertiary/aromatic N) is 2. The number of anilines is 1. The molecule has 0 unspecified atom stereocenters. The van der Waals surface area contributed by atoms with Crippen LogP contribution in [0.15, 0.2) is 42.5 Å². The van der Waals surface area contributed by atoms with Crippen molar-refractivity contribution in [1.82, 2.24) is 9.80 Å². The number of rotatable bonds is 3. The zero-order chi connectivity index (χ0) is 18.5. The SMILES string of the molecule is Cc1cc(C)c(NC(=S)N2CCCN(Cc3ccccc3)CC2)cc1C. The highest BCUT2D eigenvalue weighted by Gasteiger charge is 2.17. The number of aryl methyl sites for hydroxylation is 3. The average molecular weight is 368 g/mol. The predicted octanol–water partition coefficient (Wildman–Crippen LogP) is 4.52. The summed E-state index contributed by atoms with van der Waals surface area (Å²) in [6.07, 6.45) is 1.14. The molecular formula is C22H29N3S. The molecule has 1 N–H and O–H groups in total. The van der Waals surface area contributed by atoms with E-state index in [4.69, 9.17) is 12.2 Å². The van der Waals surface area contributed by atoms with Gasteiger partial charge in [-0.05, 0) is 67.7 Å². The van der Waals surface area contributed by atoms with E-state index in [0.717, 1.165) is 49.9 Å². The molecule has 1 fully saturated rings. The van der Waals surface area contributed by atoms with E-state index in [-0.39, 0.29) is 0 Å². The Morgan fingerprint density at radius 2 is 1.65 bits per heavy atom. The molecular weight excluding hydrogens is 338 g/mol. The Kier molecular flexibility index (Phi) is 6.28. The Balaban J connectivity index is 1.58. The first-order chi connectivity index (χ1) is 12.5. The van der Waals surface area contributed by atoms with Crippen molar-refractivity contribution in [3.05, 3.63) is 64.7 Å². The van der Waals surface area contributed by atoms with Crippen molar-refractivity contribution in [3.63, 3.8) is 0 Å². The topological polar surface area (TPSA) is 18.5 Å². The minimum Gasteiger partial charge on any atom is -0.348 e. The molecule has 0 aliphatic carbocycles. The number of thiocarbonyl (C=S) groups is 1. The summed E-state index contributed by atoms with van der Waals surface area (Å²) in [7, 11) is 0. The van der Waals surface area contributed by atoms with Gasteiger partial charge in [-0.3, -0.25) is 4.90 Å². The number of benzene rings is 2. The van der Waals surface area contributed by atoms with Gasteiger partial charge in [0.1, 0.15) is 0 Å². The van der Waals surface area contributed by atoms with Gasteiger partial charge in [-0.15, -0.1) is 0 Å². The molecule has 4 heteroatoms. The fourth-order valence-electron chi connectivity index (χ4n) is 3.46. The Morgan fingerprint density at radius 3 is 2.42 bits per heavy atom. The molecule has 138 valence electrons. The molecule has 0 bridgehead atoms. The standard InChI is InChI=1S/C22H29N3S/c1-17-14-19(3)21(15-18(17)2)23-22(26)25-11-7-10-24(12-13-25)16-20-8-5-4-6-9-20/h4-6,8-9,14-15H,7,10-13,16H2,1-3H3,(H,23,26). The van der Waals surface area contributed by atoms with E-state index in [0.29, 0.717) is 0 Å². The van der Waals surface area contributed by atoms with Gasteiger partial charge in [-0.1, -0.05) is 36.4 Å². The van der Waals surface area contributed by atoms with Crippen molar-refractivity contribution in [2.45, 2.75) is 33.7 Å². The van der Waals surface area contributed by atoms with E-state index in [9.17, 15) is 0 Å². The van der Waals surface area contributed by atoms with Crippen molar-refractivity contribution < 1.29 is 0 Å². The summed E-state index contributed by atoms with van der Waals surface area (Å²) >= 11 is 5.72. The van der Waals surface area contributed by atoms with Crippen LogP contribution in [0.3, 0.4) is 0 Å². The summed E-state index contributed by atoms with van der Waals surface area (Å²) in [5, 5.41) is 4.32. The van der Waals surface area contributed by atoms with Crippen molar-refractivity contribution in [2.75, 3.05) is 31.5 Å². The third-order valence-corrected chi connectivity index (χ3v) is 5.57. The Hall–Kier alpha value is -1.91. The van der Waals surface area contributed by atoms with Gasteiger partial charge < -0.3 is 10.2 Å². The monoisotopic (exact) mass is 367 g/mol. The maximum Gasteiger partial charge on any atom is 0.173 e. The molecule has 3 rings (SSSR count). The van der Waals surface area contributed by atoms with Gasteiger partial charge >= 0.3 is 0 Å². The van der Waals surface area contributed by atoms with Crippen LogP contribution in [-0.4, -0.2) is 41.1 Å². The van der Waals surface area contributed by atoms with Crippen LogP contribution in [-0.2, 0) is 6.54 Å². The van der Waals surface area contributed by atoms with Crippen LogP contribution in [0.25, 0.3) is 0 Å². The lowest BCUT2D eigenvalue weighted by Gasteiger charge is -2.25. The van der Waals surface area contributed by atoms with Gasteiger partial charge in [0.05, 0.1) is 0 Å². The zero-order valence-electron chi connectivity index (χ0n) is 16.1. The van der Waals surface area contributed by atoms with Crippen molar-refractivity contribution in [2.24, 2.45) is 0 Å². The molecule has 1 saturated heterocycles. The number of hydrogen-bond acceptors (Lipinski definition) is 2. The zero-order valence-corrected chi connectivity index (χ0v) is 16.9. The lowest BCUT2D eigenvalue weighted by Crippen LogP contribution is -2.38. The largest absolute Gasteiger partial charge is 0.348 e. The lowest BCUT2D eigenvalue weighted by atomic mass is 10.1. The second-order valence-electron chi connectivity index (χ2n) is 7.28. The third-order valence-electron chi connectivity index (χ3n) is 5.21. The second kappa shape index (κ2) is 8.65. The predicted molar refractivity (Wildman–Crippen MR) is 115 cm³/mol. The average Bonchev–Trinajstić information content (AvgIpc) is 2.86. The molecule has 2 aromatic carbocycles. The maximum atomic E-state index is 5.72. The highest BCUT2D eigenvalue weighted by molar-refractivity contribution is 7.80. The lowest BCUT2D eigenvalue weighted by molar-refractivity contribution is 0.278. The van der Waals surface area contributed by atoms with Crippen LogP contribution < -0.4 is 5.32 Å². The van der Waals surface area contributed by atoms with Crippen LogP contribution >= 0.6 is 12.2 Å². The van der Waals surface area contributed by atoms with Crippen molar-refractivity contribution in [1.29, 1.82) is 0 Å². The van der Waals surface area contributed by atoms with Crippen molar-refractivity contribution in [3.8, 4) is 0 Å². The van der Waals surface area contributed by atoms with Crippen LogP contribution in [0.5, 0.6) is 0 Å². The van der Waals surface area contributed by atoms with Crippen molar-refractivity contribution >= 4 is 23.0 Å². The van der Waals surface area contributed by atoms with E-state index in [1.54, 1.807) is 0 Å². The summed E-state index contributed by atoms with van der Waals surface area (Å²) in [5.74, 6) is 0. The fraction of sp³-hybridized carbons (Fsp3) is 0.409. The fourth-order valence-corrected chi connectivity index (χ4v) is 3.76. The summed E-state index contributed by atoms with van der Waals surface area (Å²) in [6.45, 7) is 11.6. The van der Waals surface area contributed by atoms with E-state index < -0.39 is 0 Å². The minimum atomic E-state index is 0.845. The molecule has 3 nitrogen and oxygen atoms in total. The molecule has 0 radical (unpaired) electrons. The first kappa shape index (κ1) is 18.9. The van der Waals surface area contributed by atoms with E-state index in [1.807, 2.05) is 0 Å². The summed E-state index contributed by atoms with van der Waals surface area (Å²) in [5.41, 5.74) is 6.38. The molecule has 0 amide bonds. The number of nitrogens with one attached hydrogen (secondary N) is 1. The van der Waals surface area contributed by atoms with Crippen LogP contribution in [0.4, 0.5) is 5.69 Å². The van der Waals surface area contributed by atoms with E-state index in [1.165, 1.54) is 22.3 Å². The van der Waals surface area contributed by atoms with E-state index >= 15 is 0 Å². The highest BCUT2D eigenvalue weighted by atomic mass is 32.1. The molecule has 2 aromatic rings. The second-order valence-corrected chi connectivity index (χ2v) is 7.67. The molecule has 1 aliphatic heterocycles.